The molecule has 0 aliphatic carbocycles. The van der Waals surface area contributed by atoms with Gasteiger partial charge in [0, 0.05) is 35.7 Å². The fourth-order valence-corrected chi connectivity index (χ4v) is 6.70. The molecule has 0 fully saturated rings. The van der Waals surface area contributed by atoms with Crippen molar-refractivity contribution in [1.82, 2.24) is 14.3 Å². The molecule has 0 saturated heterocycles. The molecule has 12 heteroatoms. The van der Waals surface area contributed by atoms with Gasteiger partial charge in [0.05, 0.1) is 35.7 Å². The number of halogens is 2. The third-order valence-electron chi connectivity index (χ3n) is 7.50. The number of likely N-dealkylation sites (N-methyl/N-ethyl adjacent to an activating group) is 1. The maximum absolute atomic E-state index is 13.5. The molecule has 3 aromatic carbocycles. The van der Waals surface area contributed by atoms with E-state index in [1.807, 2.05) is 19.1 Å². The summed E-state index contributed by atoms with van der Waals surface area (Å²) in [5, 5.41) is 3.77. The fourth-order valence-electron chi connectivity index (χ4n) is 5.12. The second-order valence-electron chi connectivity index (χ2n) is 10.7. The van der Waals surface area contributed by atoms with Gasteiger partial charge in [-0.1, -0.05) is 30.7 Å². The zero-order valence-corrected chi connectivity index (χ0v) is 26.5. The first-order valence-corrected chi connectivity index (χ1v) is 16.0. The van der Waals surface area contributed by atoms with E-state index >= 15 is 0 Å². The summed E-state index contributed by atoms with van der Waals surface area (Å²) in [4.78, 5) is 8.93. The smallest absolute Gasteiger partial charge is 0.216 e. The standard InChI is InChI=1S/C32H34ClFN4O5S/c1-5-38(44(39,40)21(2)3)19-32(12-7-13-43-32)26-16-25-28(17-30(26)41-4)35-20-36-31(25)37-24-10-11-29(27(33)15-24)42-18-22-8-6-9-23(34)14-22/h6-11,13-17,20-21H,5,12,18-19H2,1-4H3,(H,35,36,37). The average molecular weight is 641 g/mol. The largest absolute Gasteiger partial charge is 0.496 e. The number of nitrogens with zero attached hydrogens (tertiary/aromatic N) is 3. The quantitative estimate of drug-likeness (QED) is 0.178. The van der Waals surface area contributed by atoms with Gasteiger partial charge in [-0.15, -0.1) is 0 Å². The van der Waals surface area contributed by atoms with Crippen LogP contribution in [0.3, 0.4) is 0 Å². The molecular formula is C32H34ClFN4O5S. The molecule has 1 aliphatic rings. The molecule has 2 heterocycles. The van der Waals surface area contributed by atoms with Crippen LogP contribution in [0.2, 0.25) is 5.02 Å². The highest BCUT2D eigenvalue weighted by atomic mass is 35.5. The molecule has 232 valence electrons. The molecule has 1 atom stereocenters. The lowest BCUT2D eigenvalue weighted by atomic mass is 9.89. The van der Waals surface area contributed by atoms with Crippen LogP contribution in [0.15, 0.2) is 73.3 Å². The van der Waals surface area contributed by atoms with Crippen molar-refractivity contribution in [2.24, 2.45) is 0 Å². The zero-order valence-electron chi connectivity index (χ0n) is 24.9. The Morgan fingerprint density at radius 3 is 2.61 bits per heavy atom. The topological polar surface area (TPSA) is 103 Å². The van der Waals surface area contributed by atoms with Crippen LogP contribution in [-0.4, -0.2) is 48.1 Å². The number of hydrogen-bond donors (Lipinski definition) is 1. The van der Waals surface area contributed by atoms with E-state index in [1.54, 1.807) is 63.6 Å². The summed E-state index contributed by atoms with van der Waals surface area (Å²) in [7, 11) is -2.00. The minimum absolute atomic E-state index is 0.0992. The van der Waals surface area contributed by atoms with Crippen LogP contribution in [0.25, 0.3) is 10.9 Å². The summed E-state index contributed by atoms with van der Waals surface area (Å²) in [6.07, 6.45) is 5.36. The van der Waals surface area contributed by atoms with Crippen molar-refractivity contribution in [2.75, 3.05) is 25.5 Å². The Labute approximate surface area is 261 Å². The molecule has 4 aromatic rings. The van der Waals surface area contributed by atoms with Crippen molar-refractivity contribution in [1.29, 1.82) is 0 Å². The van der Waals surface area contributed by atoms with E-state index in [-0.39, 0.29) is 19.0 Å². The van der Waals surface area contributed by atoms with Gasteiger partial charge in [-0.25, -0.2) is 22.8 Å². The summed E-state index contributed by atoms with van der Waals surface area (Å²) >= 11 is 6.54. The van der Waals surface area contributed by atoms with Crippen LogP contribution in [0.4, 0.5) is 15.9 Å². The van der Waals surface area contributed by atoms with Gasteiger partial charge in [0.2, 0.25) is 10.0 Å². The molecule has 0 radical (unpaired) electrons. The molecule has 0 bridgehead atoms. The number of anilines is 2. The Bertz CT molecular complexity index is 1790. The van der Waals surface area contributed by atoms with E-state index in [0.29, 0.717) is 63.0 Å². The van der Waals surface area contributed by atoms with E-state index in [1.165, 1.54) is 22.8 Å². The number of aromatic nitrogens is 2. The second kappa shape index (κ2) is 13.0. The van der Waals surface area contributed by atoms with Crippen LogP contribution >= 0.6 is 11.6 Å². The van der Waals surface area contributed by atoms with Crippen molar-refractivity contribution in [3.63, 3.8) is 0 Å². The van der Waals surface area contributed by atoms with E-state index in [4.69, 9.17) is 25.8 Å². The highest BCUT2D eigenvalue weighted by Gasteiger charge is 2.43. The SMILES string of the molecule is CCN(CC1(c2cc3c(Nc4ccc(OCc5cccc(F)c5)c(Cl)c4)ncnc3cc2OC)CC=CO1)S(=O)(=O)C(C)C. The first-order valence-electron chi connectivity index (χ1n) is 14.1. The lowest BCUT2D eigenvalue weighted by molar-refractivity contribution is 0.0220. The molecule has 0 amide bonds. The molecule has 44 heavy (non-hydrogen) atoms. The number of nitrogens with one attached hydrogen (secondary N) is 1. The Morgan fingerprint density at radius 2 is 1.95 bits per heavy atom. The molecule has 5 rings (SSSR count). The van der Waals surface area contributed by atoms with Crippen molar-refractivity contribution in [3.8, 4) is 11.5 Å². The first kappa shape index (κ1) is 31.5. The van der Waals surface area contributed by atoms with Crippen molar-refractivity contribution < 1.29 is 27.0 Å². The third-order valence-corrected chi connectivity index (χ3v) is 10.1. The van der Waals surface area contributed by atoms with Crippen LogP contribution in [0.5, 0.6) is 11.5 Å². The number of methoxy groups -OCH3 is 1. The van der Waals surface area contributed by atoms with Gasteiger partial charge in [0.25, 0.3) is 0 Å². The average Bonchev–Trinajstić information content (AvgIpc) is 3.48. The van der Waals surface area contributed by atoms with Crippen LogP contribution in [0.1, 0.15) is 38.3 Å². The number of fused-ring (bicyclic) bond motifs is 1. The normalized spacial score (nSPS) is 16.5. The summed E-state index contributed by atoms with van der Waals surface area (Å²) < 4.78 is 59.1. The predicted molar refractivity (Wildman–Crippen MR) is 169 cm³/mol. The van der Waals surface area contributed by atoms with Crippen molar-refractivity contribution >= 4 is 44.0 Å². The second-order valence-corrected chi connectivity index (χ2v) is 13.6. The van der Waals surface area contributed by atoms with Gasteiger partial charge in [-0.3, -0.25) is 0 Å². The molecule has 9 nitrogen and oxygen atoms in total. The van der Waals surface area contributed by atoms with Gasteiger partial charge >= 0.3 is 0 Å². The Morgan fingerprint density at radius 1 is 1.14 bits per heavy atom. The maximum atomic E-state index is 13.5. The lowest BCUT2D eigenvalue weighted by Gasteiger charge is -2.36. The molecule has 1 aromatic heterocycles. The van der Waals surface area contributed by atoms with Gasteiger partial charge in [-0.2, -0.15) is 4.31 Å². The van der Waals surface area contributed by atoms with Crippen LogP contribution in [0, 0.1) is 5.82 Å². The van der Waals surface area contributed by atoms with E-state index < -0.39 is 20.9 Å². The summed E-state index contributed by atoms with van der Waals surface area (Å²) in [5.41, 5.74) is 1.61. The Balaban J connectivity index is 1.47. The molecule has 0 saturated carbocycles. The highest BCUT2D eigenvalue weighted by Crippen LogP contribution is 2.43. The zero-order chi connectivity index (χ0) is 31.5. The monoisotopic (exact) mass is 640 g/mol. The van der Waals surface area contributed by atoms with Crippen molar-refractivity contribution in [3.05, 3.63) is 95.2 Å². The van der Waals surface area contributed by atoms with E-state index in [2.05, 4.69) is 15.3 Å². The van der Waals surface area contributed by atoms with Gasteiger partial charge in [0.15, 0.2) is 5.60 Å². The number of sulfonamides is 1. The van der Waals surface area contributed by atoms with Crippen molar-refractivity contribution in [2.45, 2.75) is 44.6 Å². The van der Waals surface area contributed by atoms with E-state index in [9.17, 15) is 12.8 Å². The Hall–Kier alpha value is -3.93. The number of ether oxygens (including phenoxy) is 3. The fraction of sp³-hybridized carbons (Fsp3) is 0.312. The maximum Gasteiger partial charge on any atom is 0.216 e. The predicted octanol–water partition coefficient (Wildman–Crippen LogP) is 6.94. The highest BCUT2D eigenvalue weighted by molar-refractivity contribution is 7.89. The molecular weight excluding hydrogens is 607 g/mol. The van der Waals surface area contributed by atoms with E-state index in [0.717, 1.165) is 0 Å². The third kappa shape index (κ3) is 6.45. The van der Waals surface area contributed by atoms with Crippen LogP contribution < -0.4 is 14.8 Å². The van der Waals surface area contributed by atoms with Crippen LogP contribution in [-0.2, 0) is 27.0 Å². The molecule has 1 unspecified atom stereocenters. The first-order chi connectivity index (χ1) is 21.1. The molecule has 1 N–H and O–H groups in total. The van der Waals surface area contributed by atoms with Gasteiger partial charge in [-0.05, 0) is 61.9 Å². The summed E-state index contributed by atoms with van der Waals surface area (Å²) in [6.45, 7) is 5.70. The van der Waals surface area contributed by atoms with Gasteiger partial charge in [0.1, 0.15) is 36.1 Å². The number of rotatable bonds is 12. The minimum Gasteiger partial charge on any atom is -0.496 e. The minimum atomic E-state index is -3.55. The summed E-state index contributed by atoms with van der Waals surface area (Å²) in [6, 6.07) is 15.1. The number of hydrogen-bond acceptors (Lipinski definition) is 8. The lowest BCUT2D eigenvalue weighted by Crippen LogP contribution is -2.46. The molecule has 0 spiro atoms. The summed E-state index contributed by atoms with van der Waals surface area (Å²) in [5.74, 6) is 1.14. The van der Waals surface area contributed by atoms with Gasteiger partial charge < -0.3 is 19.5 Å². The molecule has 1 aliphatic heterocycles. The Kier molecular flexibility index (Phi) is 9.28. The number of benzene rings is 3.